The maximum Gasteiger partial charge on any atom is 0.321 e. The van der Waals surface area contributed by atoms with Crippen molar-refractivity contribution in [2.75, 3.05) is 5.32 Å². The summed E-state index contributed by atoms with van der Waals surface area (Å²) in [6.07, 6.45) is 7.67. The largest absolute Gasteiger partial charge is 0.335 e. The average Bonchev–Trinajstić information content (AvgIpc) is 2.93. The zero-order valence-electron chi connectivity index (χ0n) is 11.1. The highest BCUT2D eigenvalue weighted by Gasteiger charge is 2.27. The van der Waals surface area contributed by atoms with E-state index in [0.29, 0.717) is 17.6 Å². The van der Waals surface area contributed by atoms with Gasteiger partial charge in [0.15, 0.2) is 0 Å². The van der Waals surface area contributed by atoms with Crippen molar-refractivity contribution in [2.45, 2.75) is 38.3 Å². The summed E-state index contributed by atoms with van der Waals surface area (Å²) in [4.78, 5) is 15.8. The lowest BCUT2D eigenvalue weighted by Crippen LogP contribution is -2.38. The first-order valence-corrected chi connectivity index (χ1v) is 7.39. The van der Waals surface area contributed by atoms with Crippen LogP contribution in [0.25, 0.3) is 0 Å². The van der Waals surface area contributed by atoms with Gasteiger partial charge in [-0.15, -0.1) is 10.2 Å². The van der Waals surface area contributed by atoms with Crippen molar-refractivity contribution in [3.63, 3.8) is 0 Å². The Kier molecular flexibility index (Phi) is 3.64. The van der Waals surface area contributed by atoms with Crippen molar-refractivity contribution in [2.24, 2.45) is 0 Å². The molecular formula is C12H16N6OS. The number of anilines is 1. The van der Waals surface area contributed by atoms with Crippen LogP contribution in [-0.2, 0) is 6.54 Å². The lowest BCUT2D eigenvalue weighted by atomic mass is 10.3. The van der Waals surface area contributed by atoms with Crippen LogP contribution >= 0.6 is 11.3 Å². The summed E-state index contributed by atoms with van der Waals surface area (Å²) in [6, 6.07) is -0.254. The molecule has 1 aliphatic carbocycles. The molecule has 0 aliphatic heterocycles. The molecule has 1 aliphatic rings. The van der Waals surface area contributed by atoms with Crippen LogP contribution < -0.4 is 10.6 Å². The third-order valence-electron chi connectivity index (χ3n) is 3.01. The van der Waals surface area contributed by atoms with Crippen LogP contribution in [0.4, 0.5) is 9.93 Å². The fourth-order valence-corrected chi connectivity index (χ4v) is 2.80. The first kappa shape index (κ1) is 13.0. The Labute approximate surface area is 120 Å². The van der Waals surface area contributed by atoms with Gasteiger partial charge in [-0.2, -0.15) is 0 Å². The van der Waals surface area contributed by atoms with Crippen LogP contribution in [0.3, 0.4) is 0 Å². The quantitative estimate of drug-likeness (QED) is 0.880. The van der Waals surface area contributed by atoms with E-state index in [0.717, 1.165) is 5.01 Å². The van der Waals surface area contributed by atoms with Gasteiger partial charge in [0, 0.05) is 30.9 Å². The molecule has 2 amide bonds. The minimum Gasteiger partial charge on any atom is -0.335 e. The molecule has 0 radical (unpaired) electrons. The van der Waals surface area contributed by atoms with E-state index in [1.54, 1.807) is 12.5 Å². The smallest absolute Gasteiger partial charge is 0.321 e. The third-order valence-corrected chi connectivity index (χ3v) is 4.01. The van der Waals surface area contributed by atoms with Crippen molar-refractivity contribution in [1.29, 1.82) is 0 Å². The summed E-state index contributed by atoms with van der Waals surface area (Å²) in [5, 5.41) is 15.2. The Hall–Kier alpha value is -1.96. The summed E-state index contributed by atoms with van der Waals surface area (Å²) in [6.45, 7) is 2.62. The molecule has 3 rings (SSSR count). The van der Waals surface area contributed by atoms with Crippen molar-refractivity contribution in [3.8, 4) is 0 Å². The predicted octanol–water partition coefficient (Wildman–Crippen LogP) is 1.82. The number of hydrogen-bond acceptors (Lipinski definition) is 5. The molecule has 1 unspecified atom stereocenters. The summed E-state index contributed by atoms with van der Waals surface area (Å²) in [5.74, 6) is 0.561. The molecule has 0 aromatic carbocycles. The van der Waals surface area contributed by atoms with Crippen LogP contribution in [0, 0.1) is 0 Å². The monoisotopic (exact) mass is 292 g/mol. The van der Waals surface area contributed by atoms with E-state index in [9.17, 15) is 4.79 Å². The Balaban J connectivity index is 1.48. The lowest BCUT2D eigenvalue weighted by molar-refractivity contribution is 0.248. The first-order valence-electron chi connectivity index (χ1n) is 6.57. The second-order valence-electron chi connectivity index (χ2n) is 4.98. The zero-order chi connectivity index (χ0) is 13.9. The van der Waals surface area contributed by atoms with Gasteiger partial charge in [-0.3, -0.25) is 5.32 Å². The van der Waals surface area contributed by atoms with Crippen molar-refractivity contribution >= 4 is 22.5 Å². The number of aromatic nitrogens is 4. The molecule has 7 nitrogen and oxygen atoms in total. The molecule has 20 heavy (non-hydrogen) atoms. The van der Waals surface area contributed by atoms with E-state index in [1.807, 2.05) is 17.7 Å². The molecule has 106 valence electrons. The number of carbonyl (C=O) groups is 1. The van der Waals surface area contributed by atoms with Gasteiger partial charge >= 0.3 is 6.03 Å². The number of rotatable bonds is 5. The molecule has 1 fully saturated rings. The molecule has 8 heteroatoms. The highest BCUT2D eigenvalue weighted by molar-refractivity contribution is 7.15. The van der Waals surface area contributed by atoms with Gasteiger partial charge in [-0.1, -0.05) is 11.3 Å². The van der Waals surface area contributed by atoms with Crippen molar-refractivity contribution in [1.82, 2.24) is 25.1 Å². The summed E-state index contributed by atoms with van der Waals surface area (Å²) < 4.78 is 1.92. The fraction of sp³-hybridized carbons (Fsp3) is 0.500. The van der Waals surface area contributed by atoms with E-state index in [1.165, 1.54) is 24.2 Å². The van der Waals surface area contributed by atoms with Crippen LogP contribution in [0.1, 0.15) is 30.7 Å². The van der Waals surface area contributed by atoms with Gasteiger partial charge in [0.2, 0.25) is 5.13 Å². The molecule has 1 saturated carbocycles. The Morgan fingerprint density at radius 2 is 2.40 bits per heavy atom. The van der Waals surface area contributed by atoms with Crippen molar-refractivity contribution in [3.05, 3.63) is 23.7 Å². The highest BCUT2D eigenvalue weighted by atomic mass is 32.1. The second-order valence-corrected chi connectivity index (χ2v) is 5.99. The lowest BCUT2D eigenvalue weighted by Gasteiger charge is -2.14. The normalized spacial score (nSPS) is 15.8. The molecule has 2 aromatic rings. The third kappa shape index (κ3) is 3.32. The highest BCUT2D eigenvalue weighted by Crippen LogP contribution is 2.41. The zero-order valence-corrected chi connectivity index (χ0v) is 11.9. The van der Waals surface area contributed by atoms with E-state index < -0.39 is 0 Å². The van der Waals surface area contributed by atoms with Crippen LogP contribution in [0.2, 0.25) is 0 Å². The molecule has 0 spiro atoms. The molecule has 1 atom stereocenters. The van der Waals surface area contributed by atoms with Gasteiger partial charge in [-0.25, -0.2) is 9.78 Å². The number of imidazole rings is 1. The van der Waals surface area contributed by atoms with Crippen molar-refractivity contribution < 1.29 is 4.79 Å². The number of nitrogens with one attached hydrogen (secondary N) is 2. The van der Waals surface area contributed by atoms with Gasteiger partial charge in [-0.05, 0) is 19.8 Å². The van der Waals surface area contributed by atoms with Gasteiger partial charge < -0.3 is 9.88 Å². The van der Waals surface area contributed by atoms with Gasteiger partial charge in [0.25, 0.3) is 0 Å². The second kappa shape index (κ2) is 5.58. The Morgan fingerprint density at radius 3 is 3.10 bits per heavy atom. The molecular weight excluding hydrogens is 276 g/mol. The Morgan fingerprint density at radius 1 is 1.55 bits per heavy atom. The SMILES string of the molecule is CC(Cn1ccnc1)NC(=O)Nc1nnc(C2CC2)s1. The number of amides is 2. The van der Waals surface area contributed by atoms with E-state index in [2.05, 4.69) is 25.8 Å². The summed E-state index contributed by atoms with van der Waals surface area (Å²) >= 11 is 1.45. The molecule has 2 heterocycles. The van der Waals surface area contributed by atoms with Crippen LogP contribution in [-0.4, -0.2) is 31.8 Å². The average molecular weight is 292 g/mol. The number of carbonyl (C=O) groups excluding carboxylic acids is 1. The number of urea groups is 1. The summed E-state index contributed by atoms with van der Waals surface area (Å²) in [5.41, 5.74) is 0. The predicted molar refractivity (Wildman–Crippen MR) is 75.7 cm³/mol. The van der Waals surface area contributed by atoms with Crippen LogP contribution in [0.15, 0.2) is 18.7 Å². The minimum atomic E-state index is -0.254. The van der Waals surface area contributed by atoms with Crippen LogP contribution in [0.5, 0.6) is 0 Å². The van der Waals surface area contributed by atoms with E-state index in [-0.39, 0.29) is 12.1 Å². The maximum atomic E-state index is 11.8. The van der Waals surface area contributed by atoms with Gasteiger partial charge in [0.05, 0.1) is 6.33 Å². The topological polar surface area (TPSA) is 84.7 Å². The molecule has 2 N–H and O–H groups in total. The van der Waals surface area contributed by atoms with E-state index >= 15 is 0 Å². The summed E-state index contributed by atoms with van der Waals surface area (Å²) in [7, 11) is 0. The van der Waals surface area contributed by atoms with Gasteiger partial charge in [0.1, 0.15) is 5.01 Å². The molecule has 0 saturated heterocycles. The maximum absolute atomic E-state index is 11.8. The first-order chi connectivity index (χ1) is 9.70. The molecule has 2 aromatic heterocycles. The Bertz CT molecular complexity index is 577. The molecule has 0 bridgehead atoms. The van der Waals surface area contributed by atoms with E-state index in [4.69, 9.17) is 0 Å². The number of nitrogens with zero attached hydrogens (tertiary/aromatic N) is 4. The minimum absolute atomic E-state index is 0.0000222. The standard InChI is InChI=1S/C12H16N6OS/c1-8(6-18-5-4-13-7-18)14-11(19)15-12-17-16-10(20-12)9-2-3-9/h4-5,7-9H,2-3,6H2,1H3,(H2,14,15,17,19). The fourth-order valence-electron chi connectivity index (χ4n) is 1.89. The number of hydrogen-bond donors (Lipinski definition) is 2.